The maximum Gasteiger partial charge on any atom is 0.251 e. The number of amides is 1. The lowest BCUT2D eigenvalue weighted by molar-refractivity contribution is 0.0928. The van der Waals surface area contributed by atoms with Gasteiger partial charge in [-0.3, -0.25) is 4.79 Å². The van der Waals surface area contributed by atoms with Gasteiger partial charge in [0.15, 0.2) is 0 Å². The fourth-order valence-electron chi connectivity index (χ4n) is 2.58. The summed E-state index contributed by atoms with van der Waals surface area (Å²) in [7, 11) is 0. The third kappa shape index (κ3) is 3.48. The van der Waals surface area contributed by atoms with Crippen LogP contribution in [0.3, 0.4) is 0 Å². The Morgan fingerprint density at radius 3 is 2.75 bits per heavy atom. The van der Waals surface area contributed by atoms with E-state index in [0.29, 0.717) is 6.54 Å². The lowest BCUT2D eigenvalue weighted by atomic mass is 9.76. The topological polar surface area (TPSA) is 49.3 Å². The van der Waals surface area contributed by atoms with E-state index < -0.39 is 0 Å². The zero-order valence-corrected chi connectivity index (χ0v) is 12.3. The number of allylic oxidation sites excluding steroid dienone is 1. The van der Waals surface area contributed by atoms with E-state index >= 15 is 0 Å². The van der Waals surface area contributed by atoms with Crippen molar-refractivity contribution in [3.8, 4) is 0 Å². The summed E-state index contributed by atoms with van der Waals surface area (Å²) in [5.41, 5.74) is 2.96. The molecular weight excluding hydrogens is 250 g/mol. The van der Waals surface area contributed by atoms with Gasteiger partial charge in [-0.15, -0.1) is 0 Å². The lowest BCUT2D eigenvalue weighted by Crippen LogP contribution is -2.37. The van der Waals surface area contributed by atoms with Gasteiger partial charge in [-0.2, -0.15) is 0 Å². The molecule has 0 aliphatic heterocycles. The van der Waals surface area contributed by atoms with E-state index in [-0.39, 0.29) is 17.9 Å². The van der Waals surface area contributed by atoms with Gasteiger partial charge < -0.3 is 10.4 Å². The van der Waals surface area contributed by atoms with Crippen molar-refractivity contribution in [3.05, 3.63) is 47.0 Å². The van der Waals surface area contributed by atoms with E-state index in [4.69, 9.17) is 5.11 Å². The molecule has 108 valence electrons. The Bertz CT molecular complexity index is 521. The third-order valence-corrected chi connectivity index (χ3v) is 4.20. The number of rotatable bonds is 4. The van der Waals surface area contributed by atoms with Gasteiger partial charge in [0, 0.05) is 12.1 Å². The van der Waals surface area contributed by atoms with Gasteiger partial charge in [0.2, 0.25) is 0 Å². The number of nitrogens with one attached hydrogen (secondary N) is 1. The minimum atomic E-state index is 0.00117. The second kappa shape index (κ2) is 6.23. The Labute approximate surface area is 120 Å². The predicted octanol–water partition coefficient (Wildman–Crippen LogP) is 2.83. The van der Waals surface area contributed by atoms with Crippen molar-refractivity contribution in [1.29, 1.82) is 0 Å². The molecule has 0 saturated carbocycles. The average Bonchev–Trinajstić information content (AvgIpc) is 2.46. The van der Waals surface area contributed by atoms with E-state index in [1.54, 1.807) is 0 Å². The molecule has 0 spiro atoms. The number of hydrogen-bond donors (Lipinski definition) is 2. The largest absolute Gasteiger partial charge is 0.392 e. The normalized spacial score (nSPS) is 22.2. The van der Waals surface area contributed by atoms with Gasteiger partial charge in [0.05, 0.1) is 6.61 Å². The van der Waals surface area contributed by atoms with Crippen LogP contribution in [0, 0.1) is 12.3 Å². The predicted molar refractivity (Wildman–Crippen MR) is 80.6 cm³/mol. The number of benzene rings is 1. The van der Waals surface area contributed by atoms with Crippen molar-refractivity contribution in [3.63, 3.8) is 0 Å². The quantitative estimate of drug-likeness (QED) is 0.829. The van der Waals surface area contributed by atoms with Crippen LogP contribution in [0.4, 0.5) is 0 Å². The molecule has 0 saturated heterocycles. The summed E-state index contributed by atoms with van der Waals surface area (Å²) >= 11 is 0. The average molecular weight is 273 g/mol. The summed E-state index contributed by atoms with van der Waals surface area (Å²) in [6.45, 7) is 4.98. The van der Waals surface area contributed by atoms with Crippen molar-refractivity contribution >= 4 is 5.91 Å². The SMILES string of the molecule is Cc1ccccc1C(=O)NCC1(C)CC=C(CO)CC1. The van der Waals surface area contributed by atoms with Crippen LogP contribution < -0.4 is 5.32 Å². The molecule has 0 bridgehead atoms. The monoisotopic (exact) mass is 273 g/mol. The van der Waals surface area contributed by atoms with Crippen LogP contribution in [0.15, 0.2) is 35.9 Å². The highest BCUT2D eigenvalue weighted by Gasteiger charge is 2.27. The summed E-state index contributed by atoms with van der Waals surface area (Å²) in [5, 5.41) is 12.2. The van der Waals surface area contributed by atoms with Crippen molar-refractivity contribution in [2.45, 2.75) is 33.1 Å². The molecule has 1 amide bonds. The second-order valence-corrected chi connectivity index (χ2v) is 6.03. The molecule has 3 nitrogen and oxygen atoms in total. The molecule has 1 aliphatic rings. The minimum Gasteiger partial charge on any atom is -0.392 e. The molecule has 0 fully saturated rings. The molecule has 1 unspecified atom stereocenters. The highest BCUT2D eigenvalue weighted by Crippen LogP contribution is 2.34. The van der Waals surface area contributed by atoms with E-state index in [9.17, 15) is 4.79 Å². The third-order valence-electron chi connectivity index (χ3n) is 4.20. The standard InChI is InChI=1S/C17H23NO2/c1-13-5-3-4-6-15(13)16(20)18-12-17(2)9-7-14(11-19)8-10-17/h3-7,19H,8-12H2,1-2H3,(H,18,20). The molecular formula is C17H23NO2. The van der Waals surface area contributed by atoms with Crippen LogP contribution in [0.5, 0.6) is 0 Å². The maximum absolute atomic E-state index is 12.2. The van der Waals surface area contributed by atoms with Gasteiger partial charge in [-0.1, -0.05) is 31.2 Å². The van der Waals surface area contributed by atoms with Crippen molar-refractivity contribution in [1.82, 2.24) is 5.32 Å². The molecule has 1 aliphatic carbocycles. The molecule has 3 heteroatoms. The van der Waals surface area contributed by atoms with Crippen molar-refractivity contribution in [2.75, 3.05) is 13.2 Å². The van der Waals surface area contributed by atoms with Gasteiger partial charge in [-0.25, -0.2) is 0 Å². The van der Waals surface area contributed by atoms with Crippen LogP contribution in [-0.2, 0) is 0 Å². The highest BCUT2D eigenvalue weighted by molar-refractivity contribution is 5.95. The van der Waals surface area contributed by atoms with Gasteiger partial charge in [0.1, 0.15) is 0 Å². The van der Waals surface area contributed by atoms with Gasteiger partial charge in [-0.05, 0) is 48.8 Å². The first-order chi connectivity index (χ1) is 9.54. The molecule has 1 aromatic rings. The lowest BCUT2D eigenvalue weighted by Gasteiger charge is -2.32. The van der Waals surface area contributed by atoms with Gasteiger partial charge >= 0.3 is 0 Å². The van der Waals surface area contributed by atoms with E-state index in [0.717, 1.165) is 36.0 Å². The summed E-state index contributed by atoms with van der Waals surface area (Å²) in [6.07, 6.45) is 4.96. The number of aryl methyl sites for hydroxylation is 1. The molecule has 1 aromatic carbocycles. The molecule has 0 heterocycles. The molecule has 2 N–H and O–H groups in total. The Kier molecular flexibility index (Phi) is 4.61. The number of carbonyl (C=O) groups excluding carboxylic acids is 1. The fourth-order valence-corrected chi connectivity index (χ4v) is 2.58. The number of aliphatic hydroxyl groups is 1. The van der Waals surface area contributed by atoms with E-state index in [1.165, 1.54) is 0 Å². The number of aliphatic hydroxyl groups excluding tert-OH is 1. The summed E-state index contributed by atoms with van der Waals surface area (Å²) in [5.74, 6) is 0.00117. The molecule has 2 rings (SSSR count). The Morgan fingerprint density at radius 2 is 2.15 bits per heavy atom. The van der Waals surface area contributed by atoms with Crippen LogP contribution in [0.25, 0.3) is 0 Å². The molecule has 20 heavy (non-hydrogen) atoms. The zero-order valence-electron chi connectivity index (χ0n) is 12.3. The molecule has 0 radical (unpaired) electrons. The van der Waals surface area contributed by atoms with Crippen LogP contribution in [-0.4, -0.2) is 24.2 Å². The van der Waals surface area contributed by atoms with Crippen molar-refractivity contribution in [2.24, 2.45) is 5.41 Å². The maximum atomic E-state index is 12.2. The Balaban J connectivity index is 1.94. The Morgan fingerprint density at radius 1 is 1.40 bits per heavy atom. The first kappa shape index (κ1) is 14.8. The number of carbonyl (C=O) groups is 1. The molecule has 1 atom stereocenters. The minimum absolute atomic E-state index is 0.00117. The summed E-state index contributed by atoms with van der Waals surface area (Å²) < 4.78 is 0. The zero-order chi connectivity index (χ0) is 14.6. The van der Waals surface area contributed by atoms with E-state index in [1.807, 2.05) is 31.2 Å². The second-order valence-electron chi connectivity index (χ2n) is 6.03. The molecule has 0 aromatic heterocycles. The van der Waals surface area contributed by atoms with E-state index in [2.05, 4.69) is 18.3 Å². The Hall–Kier alpha value is -1.61. The number of hydrogen-bond acceptors (Lipinski definition) is 2. The summed E-state index contributed by atoms with van der Waals surface area (Å²) in [6, 6.07) is 7.64. The van der Waals surface area contributed by atoms with Crippen LogP contribution in [0.2, 0.25) is 0 Å². The van der Waals surface area contributed by atoms with Crippen molar-refractivity contribution < 1.29 is 9.90 Å². The smallest absolute Gasteiger partial charge is 0.251 e. The fraction of sp³-hybridized carbons (Fsp3) is 0.471. The first-order valence-electron chi connectivity index (χ1n) is 7.17. The first-order valence-corrected chi connectivity index (χ1v) is 7.17. The van der Waals surface area contributed by atoms with Crippen LogP contribution in [0.1, 0.15) is 42.1 Å². The van der Waals surface area contributed by atoms with Gasteiger partial charge in [0.25, 0.3) is 5.91 Å². The highest BCUT2D eigenvalue weighted by atomic mass is 16.3. The van der Waals surface area contributed by atoms with Crippen LogP contribution >= 0.6 is 0 Å². The summed E-state index contributed by atoms with van der Waals surface area (Å²) in [4.78, 5) is 12.2.